The SMILES string of the molecule is CC(C)[C@@H]1C(=O)CO[C@H]1CCF. The van der Waals surface area contributed by atoms with Gasteiger partial charge in [0.1, 0.15) is 6.61 Å². The molecule has 12 heavy (non-hydrogen) atoms. The molecule has 3 heteroatoms. The lowest BCUT2D eigenvalue weighted by Gasteiger charge is -2.18. The van der Waals surface area contributed by atoms with Crippen molar-refractivity contribution in [2.24, 2.45) is 11.8 Å². The molecule has 1 saturated heterocycles. The highest BCUT2D eigenvalue weighted by Gasteiger charge is 2.37. The summed E-state index contributed by atoms with van der Waals surface area (Å²) in [7, 11) is 0. The number of ketones is 1. The van der Waals surface area contributed by atoms with Crippen molar-refractivity contribution in [2.75, 3.05) is 13.3 Å². The summed E-state index contributed by atoms with van der Waals surface area (Å²) in [5, 5.41) is 0. The average molecular weight is 174 g/mol. The summed E-state index contributed by atoms with van der Waals surface area (Å²) < 4.78 is 17.2. The average Bonchev–Trinajstić information content (AvgIpc) is 2.32. The van der Waals surface area contributed by atoms with Gasteiger partial charge >= 0.3 is 0 Å². The summed E-state index contributed by atoms with van der Waals surface area (Å²) in [6.07, 6.45) is 0.177. The number of alkyl halides is 1. The molecule has 0 N–H and O–H groups in total. The van der Waals surface area contributed by atoms with E-state index in [0.717, 1.165) is 0 Å². The summed E-state index contributed by atoms with van der Waals surface area (Å²) in [6.45, 7) is 3.72. The minimum Gasteiger partial charge on any atom is -0.370 e. The highest BCUT2D eigenvalue weighted by Crippen LogP contribution is 2.27. The second-order valence-corrected chi connectivity index (χ2v) is 3.56. The number of hydrogen-bond donors (Lipinski definition) is 0. The van der Waals surface area contributed by atoms with Crippen molar-refractivity contribution in [1.82, 2.24) is 0 Å². The van der Waals surface area contributed by atoms with Crippen molar-refractivity contribution in [3.8, 4) is 0 Å². The maximum Gasteiger partial charge on any atom is 0.164 e. The lowest BCUT2D eigenvalue weighted by Crippen LogP contribution is -2.26. The van der Waals surface area contributed by atoms with Gasteiger partial charge in [-0.2, -0.15) is 0 Å². The number of carbonyl (C=O) groups excluding carboxylic acids is 1. The van der Waals surface area contributed by atoms with Gasteiger partial charge in [0.05, 0.1) is 12.8 Å². The Morgan fingerprint density at radius 2 is 2.33 bits per heavy atom. The molecule has 0 aromatic carbocycles. The van der Waals surface area contributed by atoms with E-state index in [0.29, 0.717) is 6.42 Å². The van der Waals surface area contributed by atoms with Crippen molar-refractivity contribution in [3.05, 3.63) is 0 Å². The van der Waals surface area contributed by atoms with Crippen molar-refractivity contribution in [2.45, 2.75) is 26.4 Å². The van der Waals surface area contributed by atoms with Gasteiger partial charge in [0.25, 0.3) is 0 Å². The van der Waals surface area contributed by atoms with Gasteiger partial charge in [0.15, 0.2) is 5.78 Å². The first-order valence-electron chi connectivity index (χ1n) is 4.37. The molecule has 0 saturated carbocycles. The minimum atomic E-state index is -0.402. The first-order chi connectivity index (χ1) is 5.66. The first-order valence-corrected chi connectivity index (χ1v) is 4.37. The van der Waals surface area contributed by atoms with E-state index >= 15 is 0 Å². The third-order valence-corrected chi connectivity index (χ3v) is 2.32. The molecule has 0 amide bonds. The molecule has 0 radical (unpaired) electrons. The number of Topliss-reactive ketones (excluding diaryl/α,β-unsaturated/α-hetero) is 1. The minimum absolute atomic E-state index is 0.0826. The second-order valence-electron chi connectivity index (χ2n) is 3.56. The Hall–Kier alpha value is -0.440. The fourth-order valence-electron chi connectivity index (χ4n) is 1.77. The van der Waals surface area contributed by atoms with E-state index in [1.54, 1.807) is 0 Å². The van der Waals surface area contributed by atoms with E-state index < -0.39 is 6.67 Å². The van der Waals surface area contributed by atoms with Gasteiger partial charge in [-0.15, -0.1) is 0 Å². The fraction of sp³-hybridized carbons (Fsp3) is 0.889. The predicted molar refractivity (Wildman–Crippen MR) is 43.7 cm³/mol. The summed E-state index contributed by atoms with van der Waals surface area (Å²) in [5.41, 5.74) is 0. The zero-order valence-corrected chi connectivity index (χ0v) is 7.55. The normalized spacial score (nSPS) is 30.2. The molecule has 1 rings (SSSR count). The van der Waals surface area contributed by atoms with Crippen LogP contribution in [0, 0.1) is 11.8 Å². The molecule has 0 unspecified atom stereocenters. The van der Waals surface area contributed by atoms with E-state index in [1.807, 2.05) is 13.8 Å². The lowest BCUT2D eigenvalue weighted by atomic mass is 9.87. The fourth-order valence-corrected chi connectivity index (χ4v) is 1.77. The molecule has 2 nitrogen and oxygen atoms in total. The molecule has 1 aliphatic rings. The van der Waals surface area contributed by atoms with Gasteiger partial charge in [0.2, 0.25) is 0 Å². The summed E-state index contributed by atoms with van der Waals surface area (Å²) in [5.74, 6) is 0.306. The van der Waals surface area contributed by atoms with Gasteiger partial charge in [0, 0.05) is 12.3 Å². The summed E-state index contributed by atoms with van der Waals surface area (Å²) >= 11 is 0. The van der Waals surface area contributed by atoms with Crippen LogP contribution in [-0.4, -0.2) is 25.2 Å². The van der Waals surface area contributed by atoms with Crippen LogP contribution in [0.2, 0.25) is 0 Å². The third-order valence-electron chi connectivity index (χ3n) is 2.32. The van der Waals surface area contributed by atoms with E-state index in [-0.39, 0.29) is 30.3 Å². The number of ether oxygens (including phenoxy) is 1. The molecule has 0 bridgehead atoms. The van der Waals surface area contributed by atoms with Crippen LogP contribution < -0.4 is 0 Å². The maximum atomic E-state index is 12.0. The molecule has 1 aliphatic heterocycles. The smallest absolute Gasteiger partial charge is 0.164 e. The number of carbonyl (C=O) groups is 1. The maximum absolute atomic E-state index is 12.0. The van der Waals surface area contributed by atoms with E-state index in [9.17, 15) is 9.18 Å². The van der Waals surface area contributed by atoms with Gasteiger partial charge in [-0.25, -0.2) is 0 Å². The monoisotopic (exact) mass is 174 g/mol. The molecule has 0 aliphatic carbocycles. The Labute approximate surface area is 72.1 Å². The van der Waals surface area contributed by atoms with E-state index in [2.05, 4.69) is 0 Å². The Morgan fingerprint density at radius 1 is 1.67 bits per heavy atom. The van der Waals surface area contributed by atoms with Gasteiger partial charge in [-0.05, 0) is 5.92 Å². The number of hydrogen-bond acceptors (Lipinski definition) is 2. The van der Waals surface area contributed by atoms with Crippen LogP contribution in [0.4, 0.5) is 4.39 Å². The van der Waals surface area contributed by atoms with Gasteiger partial charge in [-0.3, -0.25) is 9.18 Å². The van der Waals surface area contributed by atoms with Crippen LogP contribution in [0.5, 0.6) is 0 Å². The Kier molecular flexibility index (Phi) is 3.20. The zero-order valence-electron chi connectivity index (χ0n) is 7.55. The van der Waals surface area contributed by atoms with Crippen LogP contribution >= 0.6 is 0 Å². The quantitative estimate of drug-likeness (QED) is 0.649. The topological polar surface area (TPSA) is 26.3 Å². The number of halogens is 1. The summed E-state index contributed by atoms with van der Waals surface area (Å²) in [4.78, 5) is 11.3. The van der Waals surface area contributed by atoms with Crippen LogP contribution in [0.1, 0.15) is 20.3 Å². The molecular weight excluding hydrogens is 159 g/mol. The van der Waals surface area contributed by atoms with Gasteiger partial charge < -0.3 is 4.74 Å². The van der Waals surface area contributed by atoms with Crippen molar-refractivity contribution >= 4 is 5.78 Å². The molecule has 1 heterocycles. The van der Waals surface area contributed by atoms with Crippen molar-refractivity contribution < 1.29 is 13.9 Å². The van der Waals surface area contributed by atoms with Crippen molar-refractivity contribution in [1.29, 1.82) is 0 Å². The van der Waals surface area contributed by atoms with Crippen LogP contribution in [0.3, 0.4) is 0 Å². The van der Waals surface area contributed by atoms with E-state index in [1.165, 1.54) is 0 Å². The van der Waals surface area contributed by atoms with E-state index in [4.69, 9.17) is 4.74 Å². The van der Waals surface area contributed by atoms with Crippen molar-refractivity contribution in [3.63, 3.8) is 0 Å². The standard InChI is InChI=1S/C9H15FO2/c1-6(2)9-7(11)5-12-8(9)3-4-10/h6,8-9H,3-5H2,1-2H3/t8-,9+/m0/s1. The lowest BCUT2D eigenvalue weighted by molar-refractivity contribution is -0.121. The van der Waals surface area contributed by atoms with Crippen LogP contribution in [0.15, 0.2) is 0 Å². The molecular formula is C9H15FO2. The third kappa shape index (κ3) is 1.83. The molecule has 2 atom stereocenters. The van der Waals surface area contributed by atoms with Crippen LogP contribution in [-0.2, 0) is 9.53 Å². The summed E-state index contributed by atoms with van der Waals surface area (Å²) in [6, 6.07) is 0. The zero-order chi connectivity index (χ0) is 9.14. The Morgan fingerprint density at radius 3 is 2.83 bits per heavy atom. The molecule has 1 fully saturated rings. The molecule has 0 aromatic heterocycles. The Bertz CT molecular complexity index is 168. The van der Waals surface area contributed by atoms with Gasteiger partial charge in [-0.1, -0.05) is 13.8 Å². The second kappa shape index (κ2) is 3.99. The molecule has 0 spiro atoms. The molecule has 0 aromatic rings. The first kappa shape index (κ1) is 9.65. The highest BCUT2D eigenvalue weighted by atomic mass is 19.1. The van der Waals surface area contributed by atoms with Crippen LogP contribution in [0.25, 0.3) is 0 Å². The highest BCUT2D eigenvalue weighted by molar-refractivity contribution is 5.84. The predicted octanol–water partition coefficient (Wildman–Crippen LogP) is 1.59. The Balaban J connectivity index is 2.57. The molecule has 70 valence electrons. The number of rotatable bonds is 3. The largest absolute Gasteiger partial charge is 0.370 e.